The lowest BCUT2D eigenvalue weighted by Crippen LogP contribution is -1.88. The maximum Gasteiger partial charge on any atom is 0.124 e. The van der Waals surface area contributed by atoms with Crippen LogP contribution in [0.2, 0.25) is 0 Å². The van der Waals surface area contributed by atoms with Gasteiger partial charge in [0.2, 0.25) is 0 Å². The van der Waals surface area contributed by atoms with Crippen molar-refractivity contribution in [3.8, 4) is 0 Å². The fraction of sp³-hybridized carbons (Fsp3) is 0.100. The van der Waals surface area contributed by atoms with E-state index in [9.17, 15) is 4.39 Å². The third-order valence-electron chi connectivity index (χ3n) is 1.98. The van der Waals surface area contributed by atoms with Crippen LogP contribution in [0, 0.1) is 5.82 Å². The summed E-state index contributed by atoms with van der Waals surface area (Å²) in [5.74, 6) is -0.331. The van der Waals surface area contributed by atoms with Gasteiger partial charge in [0.05, 0.1) is 6.61 Å². The second-order valence-corrected chi connectivity index (χ2v) is 2.82. The molecule has 0 radical (unpaired) electrons. The summed E-state index contributed by atoms with van der Waals surface area (Å²) in [6.45, 7) is -0.167. The van der Waals surface area contributed by atoms with E-state index in [1.807, 2.05) is 0 Å². The minimum atomic E-state index is -0.331. The highest BCUT2D eigenvalue weighted by Crippen LogP contribution is 2.19. The van der Waals surface area contributed by atoms with E-state index in [1.54, 1.807) is 18.5 Å². The fourth-order valence-corrected chi connectivity index (χ4v) is 1.36. The molecule has 0 unspecified atom stereocenters. The zero-order valence-corrected chi connectivity index (χ0v) is 6.87. The molecule has 0 aliphatic carbocycles. The second kappa shape index (κ2) is 3.11. The smallest absolute Gasteiger partial charge is 0.124 e. The molecular formula is C10H8FNO. The average molecular weight is 177 g/mol. The van der Waals surface area contributed by atoms with Crippen LogP contribution in [0.4, 0.5) is 4.39 Å². The first-order valence-corrected chi connectivity index (χ1v) is 3.94. The van der Waals surface area contributed by atoms with Crippen LogP contribution in [0.25, 0.3) is 10.8 Å². The van der Waals surface area contributed by atoms with Crippen LogP contribution >= 0.6 is 0 Å². The number of benzene rings is 1. The first kappa shape index (κ1) is 8.13. The number of aliphatic hydroxyl groups excluding tert-OH is 1. The molecule has 0 aliphatic rings. The molecule has 0 aliphatic heterocycles. The number of halogens is 1. The van der Waals surface area contributed by atoms with Gasteiger partial charge in [-0.3, -0.25) is 4.98 Å². The van der Waals surface area contributed by atoms with Gasteiger partial charge in [-0.2, -0.15) is 0 Å². The SMILES string of the molecule is OCc1cc(F)cc2ccncc12. The summed E-state index contributed by atoms with van der Waals surface area (Å²) >= 11 is 0. The predicted octanol–water partition coefficient (Wildman–Crippen LogP) is 1.87. The van der Waals surface area contributed by atoms with E-state index in [2.05, 4.69) is 4.98 Å². The first-order chi connectivity index (χ1) is 6.31. The van der Waals surface area contributed by atoms with Crippen LogP contribution in [0.1, 0.15) is 5.56 Å². The highest BCUT2D eigenvalue weighted by molar-refractivity contribution is 5.84. The van der Waals surface area contributed by atoms with Gasteiger partial charge in [-0.05, 0) is 29.1 Å². The second-order valence-electron chi connectivity index (χ2n) is 2.82. The number of rotatable bonds is 1. The topological polar surface area (TPSA) is 33.1 Å². The van der Waals surface area contributed by atoms with E-state index >= 15 is 0 Å². The Bertz CT molecular complexity index is 442. The Morgan fingerprint density at radius 1 is 1.38 bits per heavy atom. The van der Waals surface area contributed by atoms with Crippen molar-refractivity contribution in [3.05, 3.63) is 42.0 Å². The Morgan fingerprint density at radius 3 is 3.00 bits per heavy atom. The molecule has 3 heteroatoms. The molecule has 0 saturated heterocycles. The lowest BCUT2D eigenvalue weighted by molar-refractivity contribution is 0.283. The van der Waals surface area contributed by atoms with Gasteiger partial charge in [0.25, 0.3) is 0 Å². The first-order valence-electron chi connectivity index (χ1n) is 3.94. The molecule has 66 valence electrons. The number of nitrogens with zero attached hydrogens (tertiary/aromatic N) is 1. The van der Waals surface area contributed by atoms with E-state index in [0.29, 0.717) is 5.56 Å². The van der Waals surface area contributed by atoms with E-state index < -0.39 is 0 Å². The zero-order valence-electron chi connectivity index (χ0n) is 6.87. The maximum atomic E-state index is 13.0. The van der Waals surface area contributed by atoms with Crippen LogP contribution in [0.5, 0.6) is 0 Å². The van der Waals surface area contributed by atoms with Crippen LogP contribution in [-0.4, -0.2) is 10.1 Å². The third-order valence-corrected chi connectivity index (χ3v) is 1.98. The molecule has 1 aromatic heterocycles. The lowest BCUT2D eigenvalue weighted by Gasteiger charge is -2.02. The third kappa shape index (κ3) is 1.38. The van der Waals surface area contributed by atoms with Crippen LogP contribution in [-0.2, 0) is 6.61 Å². The van der Waals surface area contributed by atoms with Gasteiger partial charge in [0.1, 0.15) is 5.82 Å². The number of fused-ring (bicyclic) bond motifs is 1. The van der Waals surface area contributed by atoms with Crippen molar-refractivity contribution in [1.29, 1.82) is 0 Å². The van der Waals surface area contributed by atoms with E-state index in [4.69, 9.17) is 5.11 Å². The van der Waals surface area contributed by atoms with Gasteiger partial charge in [-0.1, -0.05) is 0 Å². The number of hydrogen-bond acceptors (Lipinski definition) is 2. The number of aliphatic hydroxyl groups is 1. The summed E-state index contributed by atoms with van der Waals surface area (Å²) in [5.41, 5.74) is 0.572. The summed E-state index contributed by atoms with van der Waals surface area (Å²) in [7, 11) is 0. The van der Waals surface area contributed by atoms with Crippen molar-refractivity contribution in [1.82, 2.24) is 4.98 Å². The molecule has 0 atom stereocenters. The molecule has 1 heterocycles. The van der Waals surface area contributed by atoms with Gasteiger partial charge in [0, 0.05) is 17.8 Å². The molecule has 0 fully saturated rings. The van der Waals surface area contributed by atoms with E-state index in [-0.39, 0.29) is 12.4 Å². The molecule has 13 heavy (non-hydrogen) atoms. The number of pyridine rings is 1. The van der Waals surface area contributed by atoms with Crippen molar-refractivity contribution in [2.45, 2.75) is 6.61 Å². The Labute approximate surface area is 74.7 Å². The molecule has 0 amide bonds. The summed E-state index contributed by atoms with van der Waals surface area (Å²) in [6.07, 6.45) is 3.23. The quantitative estimate of drug-likeness (QED) is 0.721. The molecule has 0 bridgehead atoms. The van der Waals surface area contributed by atoms with Crippen LogP contribution < -0.4 is 0 Å². The van der Waals surface area contributed by atoms with Crippen molar-refractivity contribution in [2.75, 3.05) is 0 Å². The standard InChI is InChI=1S/C10H8FNO/c11-9-3-7-1-2-12-5-10(7)8(4-9)6-13/h1-5,13H,6H2. The molecule has 0 spiro atoms. The molecule has 2 nitrogen and oxygen atoms in total. The number of aromatic nitrogens is 1. The van der Waals surface area contributed by atoms with Gasteiger partial charge in [-0.15, -0.1) is 0 Å². The zero-order chi connectivity index (χ0) is 9.26. The molecule has 1 N–H and O–H groups in total. The van der Waals surface area contributed by atoms with Gasteiger partial charge < -0.3 is 5.11 Å². The lowest BCUT2D eigenvalue weighted by atomic mass is 10.1. The molecular weight excluding hydrogens is 169 g/mol. The minimum Gasteiger partial charge on any atom is -0.392 e. The molecule has 2 rings (SSSR count). The Morgan fingerprint density at radius 2 is 2.23 bits per heavy atom. The average Bonchev–Trinajstić information content (AvgIpc) is 2.16. The highest BCUT2D eigenvalue weighted by Gasteiger charge is 2.02. The summed E-state index contributed by atoms with van der Waals surface area (Å²) < 4.78 is 13.0. The monoisotopic (exact) mass is 177 g/mol. The van der Waals surface area contributed by atoms with Crippen molar-refractivity contribution in [3.63, 3.8) is 0 Å². The van der Waals surface area contributed by atoms with Crippen LogP contribution in [0.3, 0.4) is 0 Å². The Balaban J connectivity index is 2.81. The predicted molar refractivity (Wildman–Crippen MR) is 47.6 cm³/mol. The summed E-state index contributed by atoms with van der Waals surface area (Å²) in [6, 6.07) is 4.47. The van der Waals surface area contributed by atoms with Gasteiger partial charge in [-0.25, -0.2) is 4.39 Å². The van der Waals surface area contributed by atoms with Crippen LogP contribution in [0.15, 0.2) is 30.6 Å². The molecule has 2 aromatic rings. The highest BCUT2D eigenvalue weighted by atomic mass is 19.1. The largest absolute Gasteiger partial charge is 0.392 e. The Kier molecular flexibility index (Phi) is 1.94. The fourth-order valence-electron chi connectivity index (χ4n) is 1.36. The maximum absolute atomic E-state index is 13.0. The molecule has 0 saturated carbocycles. The van der Waals surface area contributed by atoms with E-state index in [1.165, 1.54) is 12.1 Å². The minimum absolute atomic E-state index is 0.167. The Hall–Kier alpha value is -1.48. The van der Waals surface area contributed by atoms with Gasteiger partial charge >= 0.3 is 0 Å². The van der Waals surface area contributed by atoms with E-state index in [0.717, 1.165) is 10.8 Å². The van der Waals surface area contributed by atoms with Crippen molar-refractivity contribution < 1.29 is 9.50 Å². The number of hydrogen-bond donors (Lipinski definition) is 1. The normalized spacial score (nSPS) is 10.6. The summed E-state index contributed by atoms with van der Waals surface area (Å²) in [4.78, 5) is 3.92. The van der Waals surface area contributed by atoms with Crippen molar-refractivity contribution in [2.24, 2.45) is 0 Å². The molecule has 1 aromatic carbocycles. The summed E-state index contributed by atoms with van der Waals surface area (Å²) in [5, 5.41) is 10.5. The van der Waals surface area contributed by atoms with Crippen molar-refractivity contribution >= 4 is 10.8 Å². The van der Waals surface area contributed by atoms with Gasteiger partial charge in [0.15, 0.2) is 0 Å².